The van der Waals surface area contributed by atoms with Crippen LogP contribution in [0.4, 0.5) is 0 Å². The number of phenols is 1. The van der Waals surface area contributed by atoms with Gasteiger partial charge in [0.15, 0.2) is 0 Å². The zero-order chi connectivity index (χ0) is 46.2. The Kier molecular flexibility index (Phi) is 17.9. The summed E-state index contributed by atoms with van der Waals surface area (Å²) in [6, 6.07) is -6.12. The molecule has 24 nitrogen and oxygen atoms in total. The molecule has 3 aliphatic heterocycles. The van der Waals surface area contributed by atoms with Gasteiger partial charge in [-0.05, 0) is 31.5 Å². The van der Waals surface area contributed by atoms with Crippen LogP contribution in [0.25, 0.3) is 0 Å². The number of carbonyl (C=O) groups excluding carboxylic acids is 6. The molecule has 4 rings (SSSR count). The number of nitrogens with zero attached hydrogens (tertiary/aromatic N) is 2. The average Bonchev–Trinajstić information content (AvgIpc) is 3.76. The summed E-state index contributed by atoms with van der Waals surface area (Å²) in [6.45, 7) is 2.52. The third kappa shape index (κ3) is 12.1. The molecule has 0 aliphatic carbocycles. The Morgan fingerprint density at radius 1 is 0.774 bits per heavy atom. The van der Waals surface area contributed by atoms with Crippen LogP contribution < -0.4 is 32.3 Å². The Morgan fingerprint density at radius 3 is 1.95 bits per heavy atom. The van der Waals surface area contributed by atoms with Gasteiger partial charge in [0, 0.05) is 38.4 Å². The summed E-state index contributed by atoms with van der Waals surface area (Å²) in [4.78, 5) is 85.7. The van der Waals surface area contributed by atoms with Gasteiger partial charge in [0.05, 0.1) is 56.4 Å². The van der Waals surface area contributed by atoms with Crippen LogP contribution in [0.15, 0.2) is 24.3 Å². The minimum Gasteiger partial charge on any atom is -0.508 e. The zero-order valence-corrected chi connectivity index (χ0v) is 34.5. The Bertz CT molecular complexity index is 1720. The molecule has 0 aromatic heterocycles. The smallest absolute Gasteiger partial charge is 0.248 e. The number of aliphatic hydroxyl groups is 8. The lowest BCUT2D eigenvalue weighted by molar-refractivity contribution is -0.148. The van der Waals surface area contributed by atoms with E-state index in [1.54, 1.807) is 0 Å². The van der Waals surface area contributed by atoms with E-state index in [0.29, 0.717) is 0 Å². The van der Waals surface area contributed by atoms with Crippen molar-refractivity contribution in [3.63, 3.8) is 0 Å². The zero-order valence-electron chi connectivity index (χ0n) is 34.5. The predicted molar refractivity (Wildman–Crippen MR) is 211 cm³/mol. The first-order valence-electron chi connectivity index (χ1n) is 20.2. The van der Waals surface area contributed by atoms with E-state index < -0.39 is 146 Å². The molecule has 3 fully saturated rings. The molecule has 0 bridgehead atoms. The Labute approximate surface area is 356 Å². The Hall–Kier alpha value is -4.60. The van der Waals surface area contributed by atoms with Crippen molar-refractivity contribution in [3.8, 4) is 5.75 Å². The van der Waals surface area contributed by atoms with Crippen molar-refractivity contribution in [1.82, 2.24) is 36.4 Å². The predicted octanol–water partition coefficient (Wildman–Crippen LogP) is -7.70. The molecular weight excluding hydrogens is 824 g/mol. The van der Waals surface area contributed by atoms with Crippen molar-refractivity contribution < 1.29 is 79.5 Å². The van der Waals surface area contributed by atoms with Crippen LogP contribution in [0.5, 0.6) is 5.75 Å². The fourth-order valence-electron chi connectivity index (χ4n) is 7.58. The highest BCUT2D eigenvalue weighted by Crippen LogP contribution is 2.27. The van der Waals surface area contributed by atoms with E-state index in [-0.39, 0.29) is 44.2 Å². The third-order valence-electron chi connectivity index (χ3n) is 11.1. The minimum atomic E-state index is -2.24. The summed E-state index contributed by atoms with van der Waals surface area (Å²) in [5, 5.41) is 108. The van der Waals surface area contributed by atoms with Gasteiger partial charge in [-0.2, -0.15) is 0 Å². The van der Waals surface area contributed by atoms with Crippen LogP contribution in [-0.2, 0) is 33.5 Å². The summed E-state index contributed by atoms with van der Waals surface area (Å²) >= 11 is 0. The monoisotopic (exact) mass is 884 g/mol. The highest BCUT2D eigenvalue weighted by Gasteiger charge is 2.50. The number of nitrogens with one attached hydrogen (secondary N) is 5. The standard InChI is InChI=1S/C38H60N8O16/c1-16-14-46-28(29(16)53)36(59)44-32(40-8-10-62-11-9-47)24(52)13-22(39)33(56)41-25(17(2)48)37(60)45-15-21(51)12-23(45)34(57)43-27(35(58)42-26(18(3)49)38(46)61)31(55)30(54)19-4-6-20(50)7-5-19/h4-7,16-18,21-32,40,47-55H,8-15,39H2,1-3H3,(H,41,56)(H,42,58)(H,43,57)(H,44,59)/t16-,17+,18+,21+,22?,23?,24+,25?,26?,27?,28?,29-,30-,31-,32?/m0/s1. The van der Waals surface area contributed by atoms with E-state index in [0.717, 1.165) is 23.6 Å². The molecule has 3 aliphatic rings. The van der Waals surface area contributed by atoms with E-state index >= 15 is 0 Å². The van der Waals surface area contributed by atoms with E-state index in [9.17, 15) is 69.6 Å². The number of fused-ring (bicyclic) bond motifs is 2. The topological polar surface area (TPSA) is 386 Å². The summed E-state index contributed by atoms with van der Waals surface area (Å²) in [7, 11) is 0. The lowest BCUT2D eigenvalue weighted by atomic mass is 9.96. The second-order valence-corrected chi connectivity index (χ2v) is 16.0. The van der Waals surface area contributed by atoms with Gasteiger partial charge < -0.3 is 87.5 Å². The first-order chi connectivity index (χ1) is 29.2. The molecule has 24 heteroatoms. The molecular formula is C38H60N8O16. The molecule has 16 N–H and O–H groups in total. The fourth-order valence-corrected chi connectivity index (χ4v) is 7.58. The first kappa shape index (κ1) is 50.0. The molecule has 6 amide bonds. The molecule has 0 spiro atoms. The normalized spacial score (nSPS) is 32.9. The van der Waals surface area contributed by atoms with Crippen LogP contribution in [0.3, 0.4) is 0 Å². The van der Waals surface area contributed by atoms with Crippen molar-refractivity contribution in [2.45, 2.75) is 119 Å². The van der Waals surface area contributed by atoms with Gasteiger partial charge in [-0.15, -0.1) is 0 Å². The van der Waals surface area contributed by atoms with E-state index in [1.807, 2.05) is 0 Å². The number of phenolic OH excluding ortho intramolecular Hbond substituents is 1. The fraction of sp³-hybridized carbons (Fsp3) is 0.684. The molecule has 15 atom stereocenters. The van der Waals surface area contributed by atoms with Crippen molar-refractivity contribution >= 4 is 35.4 Å². The van der Waals surface area contributed by atoms with Gasteiger partial charge in [-0.1, -0.05) is 19.1 Å². The maximum atomic E-state index is 14.3. The van der Waals surface area contributed by atoms with Gasteiger partial charge in [0.2, 0.25) is 35.4 Å². The number of hydrogen-bond donors (Lipinski definition) is 15. The third-order valence-corrected chi connectivity index (χ3v) is 11.1. The Balaban J connectivity index is 1.81. The highest BCUT2D eigenvalue weighted by atomic mass is 16.5. The Morgan fingerprint density at radius 2 is 1.35 bits per heavy atom. The molecule has 1 aromatic rings. The number of aliphatic hydroxyl groups excluding tert-OH is 8. The first-order valence-corrected chi connectivity index (χ1v) is 20.2. The maximum absolute atomic E-state index is 14.3. The van der Waals surface area contributed by atoms with E-state index in [2.05, 4.69) is 26.6 Å². The van der Waals surface area contributed by atoms with Crippen LogP contribution in [-0.4, -0.2) is 210 Å². The number of nitrogens with two attached hydrogens (primary N) is 1. The number of aromatic hydroxyl groups is 1. The van der Waals surface area contributed by atoms with Crippen LogP contribution in [0.2, 0.25) is 0 Å². The van der Waals surface area contributed by atoms with Crippen molar-refractivity contribution in [1.29, 1.82) is 0 Å². The van der Waals surface area contributed by atoms with E-state index in [1.165, 1.54) is 31.2 Å². The largest absolute Gasteiger partial charge is 0.508 e. The van der Waals surface area contributed by atoms with Gasteiger partial charge in [-0.3, -0.25) is 34.1 Å². The lowest BCUT2D eigenvalue weighted by Gasteiger charge is -2.34. The van der Waals surface area contributed by atoms with Gasteiger partial charge in [-0.25, -0.2) is 0 Å². The van der Waals surface area contributed by atoms with Gasteiger partial charge >= 0.3 is 0 Å². The number of ether oxygens (including phenoxy) is 1. The van der Waals surface area contributed by atoms with Crippen molar-refractivity contribution in [2.75, 3.05) is 39.5 Å². The summed E-state index contributed by atoms with van der Waals surface area (Å²) < 4.78 is 5.24. The summed E-state index contributed by atoms with van der Waals surface area (Å²) in [5.74, 6) is -7.83. The van der Waals surface area contributed by atoms with Crippen LogP contribution in [0, 0.1) is 5.92 Å². The molecule has 348 valence electrons. The van der Waals surface area contributed by atoms with Gasteiger partial charge in [0.25, 0.3) is 0 Å². The highest BCUT2D eigenvalue weighted by molar-refractivity contribution is 5.98. The quantitative estimate of drug-likeness (QED) is 0.0918. The number of rotatable bonds is 11. The molecule has 3 heterocycles. The van der Waals surface area contributed by atoms with Crippen molar-refractivity contribution in [2.24, 2.45) is 11.7 Å². The number of amides is 6. The second-order valence-electron chi connectivity index (χ2n) is 16.0. The van der Waals surface area contributed by atoms with Crippen LogP contribution >= 0.6 is 0 Å². The van der Waals surface area contributed by atoms with Crippen molar-refractivity contribution in [3.05, 3.63) is 29.8 Å². The number of benzene rings is 1. The SMILES string of the molecule is C[C@@H](O)C1NC(=O)C(N)C[C@@H](O)C(NCCOCCO)NC(=O)C2[C@@H](O)[C@@H](C)CN2C(=O)C([C@@H](C)O)NC(=O)C([C@H](O)[C@@H](O)c2ccc(O)cc2)NC(=O)C2C[C@@H](O)CN2C1=O. The summed E-state index contributed by atoms with van der Waals surface area (Å²) in [5.41, 5.74) is 6.11. The molecule has 62 heavy (non-hydrogen) atoms. The average molecular weight is 885 g/mol. The minimum absolute atomic E-state index is 0.0419. The second kappa shape index (κ2) is 22.2. The van der Waals surface area contributed by atoms with Gasteiger partial charge in [0.1, 0.15) is 54.3 Å². The molecule has 7 unspecified atom stereocenters. The van der Waals surface area contributed by atoms with E-state index in [4.69, 9.17) is 15.6 Å². The summed E-state index contributed by atoms with van der Waals surface area (Å²) in [6.07, 6.45) is -14.7. The molecule has 3 saturated heterocycles. The van der Waals surface area contributed by atoms with Crippen LogP contribution in [0.1, 0.15) is 45.3 Å². The number of carbonyl (C=O) groups is 6. The molecule has 0 radical (unpaired) electrons. The number of hydrogen-bond acceptors (Lipinski definition) is 18. The maximum Gasteiger partial charge on any atom is 0.248 e. The lowest BCUT2D eigenvalue weighted by Crippen LogP contribution is -2.64. The molecule has 1 aromatic carbocycles. The molecule has 0 saturated carbocycles.